The van der Waals surface area contributed by atoms with E-state index in [4.69, 9.17) is 16.3 Å². The molecule has 0 aromatic heterocycles. The van der Waals surface area contributed by atoms with Crippen molar-refractivity contribution in [2.45, 2.75) is 56.1 Å². The smallest absolute Gasteiger partial charge is 0.242 e. The molecule has 1 atom stereocenters. The fraction of sp³-hybridized carbons (Fsp3) is 0.500. The SMILES string of the molecule is CC(C(=O)NCCN1CCOCC1)N(Cc1ccc(Cl)cc1)C(=O)CCc1ccc(S(=O)(=O)NC2CC2)cc1. The standard InChI is InChI=1S/C28H37ClN4O5S/c1-21(28(35)30-14-15-32-16-18-38-19-17-32)33(20-23-2-7-24(29)8-3-23)27(34)13-6-22-4-11-26(12-5-22)39(36,37)31-25-9-10-25/h2-5,7-8,11-12,21,25,31H,6,9-10,13-20H2,1H3,(H,30,35). The third-order valence-corrected chi connectivity index (χ3v) is 8.81. The number of ether oxygens (including phenoxy) is 1. The van der Waals surface area contributed by atoms with E-state index < -0.39 is 16.1 Å². The summed E-state index contributed by atoms with van der Waals surface area (Å²) in [7, 11) is -3.52. The van der Waals surface area contributed by atoms with E-state index in [1.54, 1.807) is 48.2 Å². The van der Waals surface area contributed by atoms with Gasteiger partial charge in [0, 0.05) is 50.2 Å². The van der Waals surface area contributed by atoms with E-state index in [0.717, 1.165) is 43.6 Å². The number of aryl methyl sites for hydroxylation is 1. The molecule has 39 heavy (non-hydrogen) atoms. The van der Waals surface area contributed by atoms with Crippen LogP contribution in [0.15, 0.2) is 53.4 Å². The van der Waals surface area contributed by atoms with E-state index in [0.29, 0.717) is 31.2 Å². The Bertz CT molecular complexity index is 1210. The Morgan fingerprint density at radius 3 is 2.33 bits per heavy atom. The molecule has 2 aliphatic rings. The molecule has 0 spiro atoms. The molecule has 1 saturated carbocycles. The van der Waals surface area contributed by atoms with Crippen LogP contribution in [0.2, 0.25) is 5.02 Å². The van der Waals surface area contributed by atoms with Gasteiger partial charge in [-0.15, -0.1) is 0 Å². The molecule has 1 unspecified atom stereocenters. The maximum Gasteiger partial charge on any atom is 0.242 e. The zero-order valence-corrected chi connectivity index (χ0v) is 23.8. The van der Waals surface area contributed by atoms with Crippen molar-refractivity contribution in [3.63, 3.8) is 0 Å². The van der Waals surface area contributed by atoms with Crippen LogP contribution in [-0.2, 0) is 37.3 Å². The van der Waals surface area contributed by atoms with Gasteiger partial charge >= 0.3 is 0 Å². The normalized spacial score (nSPS) is 17.0. The minimum Gasteiger partial charge on any atom is -0.379 e. The molecule has 0 radical (unpaired) electrons. The molecule has 1 aliphatic carbocycles. The second-order valence-corrected chi connectivity index (χ2v) is 12.3. The molecule has 1 aliphatic heterocycles. The molecular formula is C28H37ClN4O5S. The number of nitrogens with one attached hydrogen (secondary N) is 2. The first-order valence-electron chi connectivity index (χ1n) is 13.4. The van der Waals surface area contributed by atoms with Crippen LogP contribution in [-0.4, -0.2) is 81.5 Å². The summed E-state index contributed by atoms with van der Waals surface area (Å²) >= 11 is 6.03. The summed E-state index contributed by atoms with van der Waals surface area (Å²) in [6.45, 7) is 6.33. The van der Waals surface area contributed by atoms with Crippen LogP contribution in [0, 0.1) is 0 Å². The highest BCUT2D eigenvalue weighted by atomic mass is 35.5. The summed E-state index contributed by atoms with van der Waals surface area (Å²) in [5, 5.41) is 3.57. The Labute approximate surface area is 235 Å². The molecule has 11 heteroatoms. The summed E-state index contributed by atoms with van der Waals surface area (Å²) in [4.78, 5) is 30.5. The average Bonchev–Trinajstić information content (AvgIpc) is 3.75. The maximum atomic E-state index is 13.4. The number of carbonyl (C=O) groups is 2. The van der Waals surface area contributed by atoms with Gasteiger partial charge in [-0.05, 0) is 61.6 Å². The number of hydrogen-bond donors (Lipinski definition) is 2. The first kappa shape index (κ1) is 29.5. The van der Waals surface area contributed by atoms with Crippen molar-refractivity contribution in [2.24, 2.45) is 0 Å². The predicted molar refractivity (Wildman–Crippen MR) is 150 cm³/mol. The Kier molecular flexibility index (Phi) is 10.4. The lowest BCUT2D eigenvalue weighted by Crippen LogP contribution is -2.49. The molecule has 2 amide bonds. The molecule has 2 aromatic rings. The zero-order chi connectivity index (χ0) is 27.8. The van der Waals surface area contributed by atoms with Gasteiger partial charge in [0.15, 0.2) is 0 Å². The van der Waals surface area contributed by atoms with Gasteiger partial charge in [-0.2, -0.15) is 0 Å². The van der Waals surface area contributed by atoms with E-state index in [9.17, 15) is 18.0 Å². The number of sulfonamides is 1. The first-order chi connectivity index (χ1) is 18.7. The summed E-state index contributed by atoms with van der Waals surface area (Å²) in [5.41, 5.74) is 1.72. The molecule has 1 heterocycles. The molecule has 2 aromatic carbocycles. The van der Waals surface area contributed by atoms with Crippen molar-refractivity contribution >= 4 is 33.4 Å². The van der Waals surface area contributed by atoms with Crippen LogP contribution >= 0.6 is 11.6 Å². The van der Waals surface area contributed by atoms with Crippen LogP contribution in [0.5, 0.6) is 0 Å². The minimum absolute atomic E-state index is 0.0393. The van der Waals surface area contributed by atoms with Crippen molar-refractivity contribution in [1.29, 1.82) is 0 Å². The van der Waals surface area contributed by atoms with Crippen LogP contribution in [0.25, 0.3) is 0 Å². The van der Waals surface area contributed by atoms with Crippen LogP contribution in [0.1, 0.15) is 37.3 Å². The fourth-order valence-electron chi connectivity index (χ4n) is 4.40. The van der Waals surface area contributed by atoms with Crippen molar-refractivity contribution < 1.29 is 22.7 Å². The average molecular weight is 577 g/mol. The number of benzene rings is 2. The second kappa shape index (κ2) is 13.7. The van der Waals surface area contributed by atoms with E-state index in [1.807, 2.05) is 12.1 Å². The van der Waals surface area contributed by atoms with Crippen molar-refractivity contribution in [1.82, 2.24) is 19.8 Å². The largest absolute Gasteiger partial charge is 0.379 e. The van der Waals surface area contributed by atoms with Gasteiger partial charge in [-0.3, -0.25) is 14.5 Å². The topological polar surface area (TPSA) is 108 Å². The van der Waals surface area contributed by atoms with Crippen LogP contribution in [0.4, 0.5) is 0 Å². The van der Waals surface area contributed by atoms with Crippen molar-refractivity contribution in [3.8, 4) is 0 Å². The molecule has 4 rings (SSSR count). The summed E-state index contributed by atoms with van der Waals surface area (Å²) in [5.74, 6) is -0.365. The fourth-order valence-corrected chi connectivity index (χ4v) is 5.83. The van der Waals surface area contributed by atoms with Gasteiger partial charge in [0.2, 0.25) is 21.8 Å². The number of halogens is 1. The van der Waals surface area contributed by atoms with Gasteiger partial charge < -0.3 is 15.0 Å². The highest BCUT2D eigenvalue weighted by molar-refractivity contribution is 7.89. The Morgan fingerprint density at radius 2 is 1.69 bits per heavy atom. The number of amides is 2. The minimum atomic E-state index is -3.52. The van der Waals surface area contributed by atoms with E-state index in [-0.39, 0.29) is 35.7 Å². The Balaban J connectivity index is 1.36. The van der Waals surface area contributed by atoms with Crippen LogP contribution < -0.4 is 10.0 Å². The monoisotopic (exact) mass is 576 g/mol. The molecule has 0 bridgehead atoms. The quantitative estimate of drug-likeness (QED) is 0.379. The lowest BCUT2D eigenvalue weighted by molar-refractivity contribution is -0.140. The lowest BCUT2D eigenvalue weighted by atomic mass is 10.1. The predicted octanol–water partition coefficient (Wildman–Crippen LogP) is 2.58. The number of hydrogen-bond acceptors (Lipinski definition) is 6. The van der Waals surface area contributed by atoms with Crippen molar-refractivity contribution in [2.75, 3.05) is 39.4 Å². The van der Waals surface area contributed by atoms with Gasteiger partial charge in [0.25, 0.3) is 0 Å². The molecule has 212 valence electrons. The van der Waals surface area contributed by atoms with E-state index in [2.05, 4.69) is 14.9 Å². The van der Waals surface area contributed by atoms with Crippen molar-refractivity contribution in [3.05, 3.63) is 64.7 Å². The molecule has 2 N–H and O–H groups in total. The summed E-state index contributed by atoms with van der Waals surface area (Å²) in [6, 6.07) is 13.2. The van der Waals surface area contributed by atoms with E-state index in [1.165, 1.54) is 0 Å². The first-order valence-corrected chi connectivity index (χ1v) is 15.3. The molecule has 9 nitrogen and oxygen atoms in total. The molecular weight excluding hydrogens is 540 g/mol. The molecule has 1 saturated heterocycles. The Hall–Kier alpha value is -2.50. The van der Waals surface area contributed by atoms with Gasteiger partial charge in [-0.1, -0.05) is 35.9 Å². The second-order valence-electron chi connectivity index (χ2n) is 10.1. The third-order valence-electron chi connectivity index (χ3n) is 7.02. The van der Waals surface area contributed by atoms with Gasteiger partial charge in [0.05, 0.1) is 18.1 Å². The number of morpholine rings is 1. The van der Waals surface area contributed by atoms with Gasteiger partial charge in [0.1, 0.15) is 6.04 Å². The highest BCUT2D eigenvalue weighted by Crippen LogP contribution is 2.22. The number of nitrogens with zero attached hydrogens (tertiary/aromatic N) is 2. The van der Waals surface area contributed by atoms with Crippen LogP contribution in [0.3, 0.4) is 0 Å². The molecule has 2 fully saturated rings. The number of carbonyl (C=O) groups excluding carboxylic acids is 2. The summed E-state index contributed by atoms with van der Waals surface area (Å²) in [6.07, 6.45) is 2.36. The number of rotatable bonds is 13. The van der Waals surface area contributed by atoms with E-state index >= 15 is 0 Å². The third kappa shape index (κ3) is 9.01. The van der Waals surface area contributed by atoms with Gasteiger partial charge in [-0.25, -0.2) is 13.1 Å². The lowest BCUT2D eigenvalue weighted by Gasteiger charge is -2.30. The highest BCUT2D eigenvalue weighted by Gasteiger charge is 2.28. The summed E-state index contributed by atoms with van der Waals surface area (Å²) < 4.78 is 32.9. The zero-order valence-electron chi connectivity index (χ0n) is 22.3. The maximum absolute atomic E-state index is 13.4. The Morgan fingerprint density at radius 1 is 1.05 bits per heavy atom.